The maximum absolute atomic E-state index is 13.4. The predicted molar refractivity (Wildman–Crippen MR) is 116 cm³/mol. The standard InChI is InChI=1S/C22H20ClNO5S/c1-14-3-2-4-18-19(25)11-20(29-21(14)18)22(26)24(17-9-10-30(27,28)13-17)12-15-5-7-16(23)8-6-15/h2-8,11,17H,9-10,12-13H2,1H3. The molecule has 2 aromatic carbocycles. The van der Waals surface area contributed by atoms with Crippen LogP contribution in [0.1, 0.15) is 28.1 Å². The minimum absolute atomic E-state index is 0.0306. The topological polar surface area (TPSA) is 84.7 Å². The Balaban J connectivity index is 1.75. The second kappa shape index (κ2) is 7.89. The van der Waals surface area contributed by atoms with E-state index in [-0.39, 0.29) is 29.2 Å². The summed E-state index contributed by atoms with van der Waals surface area (Å²) in [4.78, 5) is 27.4. The van der Waals surface area contributed by atoms with E-state index < -0.39 is 21.8 Å². The molecule has 0 spiro atoms. The lowest BCUT2D eigenvalue weighted by Crippen LogP contribution is -2.40. The SMILES string of the molecule is Cc1cccc2c(=O)cc(C(=O)N(Cc3ccc(Cl)cc3)C3CCS(=O)(=O)C3)oc12. The molecule has 8 heteroatoms. The molecule has 0 radical (unpaired) electrons. The van der Waals surface area contributed by atoms with E-state index in [0.29, 0.717) is 22.4 Å². The maximum Gasteiger partial charge on any atom is 0.290 e. The lowest BCUT2D eigenvalue weighted by Gasteiger charge is -2.28. The van der Waals surface area contributed by atoms with Crippen LogP contribution in [0.3, 0.4) is 0 Å². The Morgan fingerprint density at radius 2 is 1.93 bits per heavy atom. The van der Waals surface area contributed by atoms with Gasteiger partial charge in [0.15, 0.2) is 21.0 Å². The summed E-state index contributed by atoms with van der Waals surface area (Å²) in [6.45, 7) is 1.99. The van der Waals surface area contributed by atoms with Crippen molar-refractivity contribution in [2.45, 2.75) is 25.9 Å². The van der Waals surface area contributed by atoms with Crippen molar-refractivity contribution >= 4 is 38.3 Å². The van der Waals surface area contributed by atoms with Gasteiger partial charge in [-0.3, -0.25) is 9.59 Å². The zero-order chi connectivity index (χ0) is 21.5. The Hall–Kier alpha value is -2.64. The molecule has 3 aromatic rings. The number of hydrogen-bond acceptors (Lipinski definition) is 5. The molecule has 0 bridgehead atoms. The molecule has 1 aromatic heterocycles. The number of sulfone groups is 1. The van der Waals surface area contributed by atoms with Crippen LogP contribution in [0.15, 0.2) is 57.7 Å². The summed E-state index contributed by atoms with van der Waals surface area (Å²) in [5.41, 5.74) is 1.59. The molecule has 1 amide bonds. The number of aryl methyl sites for hydroxylation is 1. The molecule has 1 aliphatic heterocycles. The van der Waals surface area contributed by atoms with Crippen molar-refractivity contribution in [1.82, 2.24) is 4.90 Å². The third-order valence-electron chi connectivity index (χ3n) is 5.34. The molecule has 0 N–H and O–H groups in total. The Bertz CT molecular complexity index is 1280. The number of hydrogen-bond donors (Lipinski definition) is 0. The third-order valence-corrected chi connectivity index (χ3v) is 7.34. The Labute approximate surface area is 179 Å². The highest BCUT2D eigenvalue weighted by Gasteiger charge is 2.36. The van der Waals surface area contributed by atoms with Gasteiger partial charge in [-0.2, -0.15) is 0 Å². The zero-order valence-electron chi connectivity index (χ0n) is 16.3. The molecular weight excluding hydrogens is 426 g/mol. The van der Waals surface area contributed by atoms with E-state index in [1.807, 2.05) is 0 Å². The summed E-state index contributed by atoms with van der Waals surface area (Å²) >= 11 is 5.95. The van der Waals surface area contributed by atoms with Crippen molar-refractivity contribution in [3.8, 4) is 0 Å². The van der Waals surface area contributed by atoms with Crippen LogP contribution in [0, 0.1) is 6.92 Å². The lowest BCUT2D eigenvalue weighted by molar-refractivity contribution is 0.0648. The minimum Gasteiger partial charge on any atom is -0.450 e. The first kappa shape index (κ1) is 20.6. The minimum atomic E-state index is -3.21. The number of para-hydroxylation sites is 1. The molecule has 0 aliphatic carbocycles. The Morgan fingerprint density at radius 1 is 1.20 bits per heavy atom. The zero-order valence-corrected chi connectivity index (χ0v) is 17.9. The summed E-state index contributed by atoms with van der Waals surface area (Å²) in [5.74, 6) is -0.680. The fraction of sp³-hybridized carbons (Fsp3) is 0.273. The summed E-state index contributed by atoms with van der Waals surface area (Å²) in [6.07, 6.45) is 0.346. The molecular formula is C22H20ClNO5S. The van der Waals surface area contributed by atoms with Crippen LogP contribution in [-0.2, 0) is 16.4 Å². The maximum atomic E-state index is 13.4. The normalized spacial score (nSPS) is 17.9. The largest absolute Gasteiger partial charge is 0.450 e. The van der Waals surface area contributed by atoms with Gasteiger partial charge >= 0.3 is 0 Å². The Morgan fingerprint density at radius 3 is 2.60 bits per heavy atom. The van der Waals surface area contributed by atoms with E-state index in [0.717, 1.165) is 11.1 Å². The van der Waals surface area contributed by atoms with Gasteiger partial charge in [0, 0.05) is 23.7 Å². The van der Waals surface area contributed by atoms with Crippen LogP contribution in [0.25, 0.3) is 11.0 Å². The molecule has 1 atom stereocenters. The smallest absolute Gasteiger partial charge is 0.290 e. The van der Waals surface area contributed by atoms with Crippen molar-refractivity contribution in [2.24, 2.45) is 0 Å². The van der Waals surface area contributed by atoms with Gasteiger partial charge in [-0.15, -0.1) is 0 Å². The van der Waals surface area contributed by atoms with E-state index in [1.54, 1.807) is 49.4 Å². The van der Waals surface area contributed by atoms with Gasteiger partial charge in [-0.1, -0.05) is 35.9 Å². The van der Waals surface area contributed by atoms with Crippen LogP contribution >= 0.6 is 11.6 Å². The molecule has 0 saturated carbocycles. The van der Waals surface area contributed by atoms with E-state index in [4.69, 9.17) is 16.0 Å². The molecule has 6 nitrogen and oxygen atoms in total. The van der Waals surface area contributed by atoms with Crippen molar-refractivity contribution in [1.29, 1.82) is 0 Å². The number of carbonyl (C=O) groups excluding carboxylic acids is 1. The Kier molecular flexibility index (Phi) is 5.42. The van der Waals surface area contributed by atoms with Crippen LogP contribution < -0.4 is 5.43 Å². The first-order valence-electron chi connectivity index (χ1n) is 9.53. The highest BCUT2D eigenvalue weighted by molar-refractivity contribution is 7.91. The second-order valence-corrected chi connectivity index (χ2v) is 10.2. The first-order chi connectivity index (χ1) is 14.2. The van der Waals surface area contributed by atoms with Crippen LogP contribution in [-0.4, -0.2) is 36.8 Å². The van der Waals surface area contributed by atoms with Crippen molar-refractivity contribution in [3.63, 3.8) is 0 Å². The van der Waals surface area contributed by atoms with Gasteiger partial charge in [-0.25, -0.2) is 8.42 Å². The average Bonchev–Trinajstić information content (AvgIpc) is 3.07. The summed E-state index contributed by atoms with van der Waals surface area (Å²) in [5, 5.41) is 0.968. The van der Waals surface area contributed by atoms with Crippen LogP contribution in [0.2, 0.25) is 5.02 Å². The van der Waals surface area contributed by atoms with E-state index in [2.05, 4.69) is 0 Å². The molecule has 1 aliphatic rings. The molecule has 1 unspecified atom stereocenters. The quantitative estimate of drug-likeness (QED) is 0.612. The number of amides is 1. The molecule has 1 saturated heterocycles. The fourth-order valence-electron chi connectivity index (χ4n) is 3.74. The molecule has 4 rings (SSSR count). The molecule has 30 heavy (non-hydrogen) atoms. The molecule has 2 heterocycles. The average molecular weight is 446 g/mol. The van der Waals surface area contributed by atoms with Gasteiger partial charge in [-0.05, 0) is 42.7 Å². The number of benzene rings is 2. The van der Waals surface area contributed by atoms with Crippen LogP contribution in [0.5, 0.6) is 0 Å². The van der Waals surface area contributed by atoms with E-state index in [1.165, 1.54) is 11.0 Å². The summed E-state index contributed by atoms with van der Waals surface area (Å²) in [6, 6.07) is 12.9. The molecule has 1 fully saturated rings. The van der Waals surface area contributed by atoms with Gasteiger partial charge in [0.2, 0.25) is 0 Å². The van der Waals surface area contributed by atoms with Crippen LogP contribution in [0.4, 0.5) is 0 Å². The summed E-state index contributed by atoms with van der Waals surface area (Å²) in [7, 11) is -3.21. The van der Waals surface area contributed by atoms with E-state index >= 15 is 0 Å². The van der Waals surface area contributed by atoms with Crippen molar-refractivity contribution in [2.75, 3.05) is 11.5 Å². The first-order valence-corrected chi connectivity index (χ1v) is 11.7. The summed E-state index contributed by atoms with van der Waals surface area (Å²) < 4.78 is 29.9. The van der Waals surface area contributed by atoms with Gasteiger partial charge < -0.3 is 9.32 Å². The third kappa shape index (κ3) is 4.13. The van der Waals surface area contributed by atoms with Gasteiger partial charge in [0.1, 0.15) is 5.58 Å². The number of fused-ring (bicyclic) bond motifs is 1. The molecule has 156 valence electrons. The van der Waals surface area contributed by atoms with Crippen molar-refractivity contribution < 1.29 is 17.6 Å². The highest BCUT2D eigenvalue weighted by atomic mass is 35.5. The monoisotopic (exact) mass is 445 g/mol. The number of halogens is 1. The highest BCUT2D eigenvalue weighted by Crippen LogP contribution is 2.24. The van der Waals surface area contributed by atoms with Gasteiger partial charge in [0.25, 0.3) is 5.91 Å². The van der Waals surface area contributed by atoms with Gasteiger partial charge in [0.05, 0.1) is 16.9 Å². The fourth-order valence-corrected chi connectivity index (χ4v) is 5.60. The number of carbonyl (C=O) groups is 1. The number of nitrogens with zero attached hydrogens (tertiary/aromatic N) is 1. The number of rotatable bonds is 4. The lowest BCUT2D eigenvalue weighted by atomic mass is 10.1. The predicted octanol–water partition coefficient (Wildman–Crippen LogP) is 3.58. The second-order valence-electron chi connectivity index (χ2n) is 7.54. The van der Waals surface area contributed by atoms with Crippen molar-refractivity contribution in [3.05, 3.63) is 80.7 Å². The van der Waals surface area contributed by atoms with E-state index in [9.17, 15) is 18.0 Å².